The van der Waals surface area contributed by atoms with Gasteiger partial charge in [0, 0.05) is 17.5 Å². The largest absolute Gasteiger partial charge is 0.503 e. The molecule has 1 aromatic heterocycles. The molecule has 1 N–H and O–H groups in total. The molecule has 0 radical (unpaired) electrons. The molecule has 1 heterocycles. The Hall–Kier alpha value is -2.45. The molecular weight excluding hydrogens is 433 g/mol. The van der Waals surface area contributed by atoms with Gasteiger partial charge < -0.3 is 9.84 Å². The zero-order valence-electron chi connectivity index (χ0n) is 14.7. The fourth-order valence-corrected chi connectivity index (χ4v) is 3.78. The van der Waals surface area contributed by atoms with E-state index in [0.717, 1.165) is 21.6 Å². The van der Waals surface area contributed by atoms with Crippen molar-refractivity contribution in [3.05, 3.63) is 62.4 Å². The molecule has 8 heteroatoms. The molecular formula is C19H17BrFN3O2S. The van der Waals surface area contributed by atoms with Crippen LogP contribution in [0.25, 0.3) is 11.3 Å². The minimum Gasteiger partial charge on any atom is -0.503 e. The van der Waals surface area contributed by atoms with Crippen molar-refractivity contribution in [3.63, 3.8) is 0 Å². The second-order valence-electron chi connectivity index (χ2n) is 5.49. The van der Waals surface area contributed by atoms with E-state index < -0.39 is 0 Å². The number of hydrogen-bond donors (Lipinski definition) is 1. The Bertz CT molecular complexity index is 1040. The molecule has 0 amide bonds. The molecule has 5 nitrogen and oxygen atoms in total. The van der Waals surface area contributed by atoms with E-state index in [1.807, 2.05) is 12.3 Å². The summed E-state index contributed by atoms with van der Waals surface area (Å²) < 4.78 is 20.6. The van der Waals surface area contributed by atoms with Crippen LogP contribution < -0.4 is 9.54 Å². The van der Waals surface area contributed by atoms with E-state index >= 15 is 0 Å². The summed E-state index contributed by atoms with van der Waals surface area (Å²) in [6.45, 7) is 2.57. The molecule has 0 bridgehead atoms. The topological polar surface area (TPSA) is 59.1 Å². The van der Waals surface area contributed by atoms with E-state index in [4.69, 9.17) is 4.74 Å². The summed E-state index contributed by atoms with van der Waals surface area (Å²) in [5.74, 6) is 0.0911. The van der Waals surface area contributed by atoms with Crippen LogP contribution in [-0.4, -0.2) is 29.7 Å². The van der Waals surface area contributed by atoms with Crippen LogP contribution in [0, 0.1) is 5.82 Å². The van der Waals surface area contributed by atoms with Crippen molar-refractivity contribution in [2.24, 2.45) is 10.1 Å². The van der Waals surface area contributed by atoms with Crippen LogP contribution in [0.4, 0.5) is 4.39 Å². The lowest BCUT2D eigenvalue weighted by atomic mass is 10.2. The number of halogens is 2. The summed E-state index contributed by atoms with van der Waals surface area (Å²) in [6, 6.07) is 9.67. The maximum absolute atomic E-state index is 13.3. The summed E-state index contributed by atoms with van der Waals surface area (Å²) >= 11 is 4.77. The number of aromatic nitrogens is 1. The van der Waals surface area contributed by atoms with E-state index in [1.165, 1.54) is 30.6 Å². The summed E-state index contributed by atoms with van der Waals surface area (Å²) in [4.78, 5) is 5.20. The second kappa shape index (κ2) is 8.49. The van der Waals surface area contributed by atoms with Crippen molar-refractivity contribution in [2.75, 3.05) is 13.7 Å². The molecule has 0 spiro atoms. The highest BCUT2D eigenvalue weighted by atomic mass is 79.9. The molecule has 0 aliphatic heterocycles. The first-order valence-corrected chi connectivity index (χ1v) is 9.78. The third kappa shape index (κ3) is 4.28. The fraction of sp³-hybridized carbons (Fsp3) is 0.158. The predicted octanol–water partition coefficient (Wildman–Crippen LogP) is 4.64. The number of hydrogen-bond acceptors (Lipinski definition) is 5. The number of methoxy groups -OCH3 is 1. The number of ether oxygens (including phenoxy) is 1. The molecule has 0 aliphatic rings. The Kier molecular flexibility index (Phi) is 6.08. The van der Waals surface area contributed by atoms with Gasteiger partial charge in [0.25, 0.3) is 0 Å². The maximum atomic E-state index is 13.3. The van der Waals surface area contributed by atoms with E-state index in [9.17, 15) is 9.50 Å². The molecule has 0 fully saturated rings. The third-order valence-corrected chi connectivity index (χ3v) is 5.17. The number of nitrogens with zero attached hydrogens (tertiary/aromatic N) is 3. The molecule has 140 valence electrons. The van der Waals surface area contributed by atoms with Crippen molar-refractivity contribution in [3.8, 4) is 22.8 Å². The summed E-state index contributed by atoms with van der Waals surface area (Å²) in [5.41, 5.74) is 2.39. The zero-order chi connectivity index (χ0) is 19.4. The van der Waals surface area contributed by atoms with Crippen molar-refractivity contribution >= 4 is 33.5 Å². The van der Waals surface area contributed by atoms with Gasteiger partial charge in [0.1, 0.15) is 5.82 Å². The highest BCUT2D eigenvalue weighted by molar-refractivity contribution is 9.10. The number of benzene rings is 2. The summed E-state index contributed by atoms with van der Waals surface area (Å²) in [6.07, 6.45) is 1.65. The maximum Gasteiger partial charge on any atom is 0.206 e. The van der Waals surface area contributed by atoms with Crippen LogP contribution in [0.3, 0.4) is 0 Å². The summed E-state index contributed by atoms with van der Waals surface area (Å²) in [7, 11) is 1.49. The average molecular weight is 450 g/mol. The normalized spacial score (nSPS) is 12.1. The first-order valence-electron chi connectivity index (χ1n) is 8.11. The van der Waals surface area contributed by atoms with Gasteiger partial charge in [-0.05, 0) is 64.8 Å². The Morgan fingerprint density at radius 3 is 2.70 bits per heavy atom. The number of phenols is 1. The predicted molar refractivity (Wildman–Crippen MR) is 109 cm³/mol. The Morgan fingerprint density at radius 2 is 2.04 bits per heavy atom. The van der Waals surface area contributed by atoms with Crippen molar-refractivity contribution in [2.45, 2.75) is 6.92 Å². The molecule has 0 saturated heterocycles. The number of rotatable bonds is 5. The fourth-order valence-electron chi connectivity index (χ4n) is 2.42. The van der Waals surface area contributed by atoms with E-state index in [1.54, 1.807) is 35.2 Å². The van der Waals surface area contributed by atoms with Crippen LogP contribution >= 0.6 is 27.3 Å². The Labute approximate surface area is 168 Å². The standard InChI is InChI=1S/C19H17BrFN3O2S/c1-3-22-19-24(16(11-27-19)13-4-6-14(21)7-5-13)23-10-12-8-15(20)18(25)17(9-12)26-2/h4-11,25H,3H2,1-2H3. The smallest absolute Gasteiger partial charge is 0.206 e. The third-order valence-electron chi connectivity index (χ3n) is 3.71. The Morgan fingerprint density at radius 1 is 1.30 bits per heavy atom. The van der Waals surface area contributed by atoms with Gasteiger partial charge in [0.05, 0.1) is 23.5 Å². The zero-order valence-corrected chi connectivity index (χ0v) is 17.1. The lowest BCUT2D eigenvalue weighted by Crippen LogP contribution is -2.12. The molecule has 3 rings (SSSR count). The van der Waals surface area contributed by atoms with E-state index in [2.05, 4.69) is 26.0 Å². The molecule has 0 unspecified atom stereocenters. The van der Waals surface area contributed by atoms with Gasteiger partial charge in [0.2, 0.25) is 4.80 Å². The van der Waals surface area contributed by atoms with Crippen LogP contribution in [0.1, 0.15) is 12.5 Å². The van der Waals surface area contributed by atoms with Gasteiger partial charge in [-0.25, -0.2) is 9.07 Å². The lowest BCUT2D eigenvalue weighted by molar-refractivity contribution is 0.372. The highest BCUT2D eigenvalue weighted by Gasteiger charge is 2.09. The number of thiazole rings is 1. The molecule has 2 aromatic carbocycles. The van der Waals surface area contributed by atoms with E-state index in [0.29, 0.717) is 16.8 Å². The minimum absolute atomic E-state index is 0.0338. The van der Waals surface area contributed by atoms with Crippen LogP contribution in [0.2, 0.25) is 0 Å². The first-order chi connectivity index (χ1) is 13.0. The lowest BCUT2D eigenvalue weighted by Gasteiger charge is -2.07. The van der Waals surface area contributed by atoms with Gasteiger partial charge >= 0.3 is 0 Å². The average Bonchev–Trinajstić information content (AvgIpc) is 3.06. The number of phenolic OH excluding ortho intramolecular Hbond substituents is 1. The monoisotopic (exact) mass is 449 g/mol. The minimum atomic E-state index is -0.288. The van der Waals surface area contributed by atoms with Gasteiger partial charge in [-0.15, -0.1) is 11.3 Å². The number of aromatic hydroxyl groups is 1. The molecule has 27 heavy (non-hydrogen) atoms. The highest BCUT2D eigenvalue weighted by Crippen LogP contribution is 2.34. The quantitative estimate of drug-likeness (QED) is 0.576. The van der Waals surface area contributed by atoms with Crippen molar-refractivity contribution in [1.29, 1.82) is 0 Å². The first kappa shape index (κ1) is 19.3. The van der Waals surface area contributed by atoms with Crippen molar-refractivity contribution in [1.82, 2.24) is 4.68 Å². The van der Waals surface area contributed by atoms with Gasteiger partial charge in [0.15, 0.2) is 11.5 Å². The molecule has 0 saturated carbocycles. The summed E-state index contributed by atoms with van der Waals surface area (Å²) in [5, 5.41) is 16.4. The second-order valence-corrected chi connectivity index (χ2v) is 7.19. The van der Waals surface area contributed by atoms with Crippen molar-refractivity contribution < 1.29 is 14.2 Å². The van der Waals surface area contributed by atoms with Crippen LogP contribution in [-0.2, 0) is 0 Å². The van der Waals surface area contributed by atoms with Crippen LogP contribution in [0.15, 0.2) is 56.3 Å². The Balaban J connectivity index is 2.07. The van der Waals surface area contributed by atoms with Gasteiger partial charge in [-0.1, -0.05) is 0 Å². The van der Waals surface area contributed by atoms with Crippen LogP contribution in [0.5, 0.6) is 11.5 Å². The molecule has 0 aliphatic carbocycles. The molecule has 3 aromatic rings. The van der Waals surface area contributed by atoms with Gasteiger partial charge in [-0.3, -0.25) is 4.99 Å². The SMILES string of the molecule is CCN=c1scc(-c2ccc(F)cc2)n1N=Cc1cc(Br)c(O)c(OC)c1. The molecule has 0 atom stereocenters. The van der Waals surface area contributed by atoms with Gasteiger partial charge in [-0.2, -0.15) is 5.10 Å². The van der Waals surface area contributed by atoms with E-state index in [-0.39, 0.29) is 11.6 Å².